The highest BCUT2D eigenvalue weighted by Gasteiger charge is 2.42. The number of pyridine rings is 2. The van der Waals surface area contributed by atoms with Gasteiger partial charge in [0.25, 0.3) is 0 Å². The zero-order chi connectivity index (χ0) is 17.3. The van der Waals surface area contributed by atoms with Crippen molar-refractivity contribution in [1.82, 2.24) is 20.2 Å². The molecule has 0 atom stereocenters. The third-order valence-electron chi connectivity index (χ3n) is 4.81. The van der Waals surface area contributed by atoms with Crippen molar-refractivity contribution >= 4 is 11.6 Å². The van der Waals surface area contributed by atoms with E-state index in [4.69, 9.17) is 11.6 Å². The van der Waals surface area contributed by atoms with Gasteiger partial charge in [-0.15, -0.1) is 5.10 Å². The molecular weight excluding hydrogens is 339 g/mol. The Bertz CT molecular complexity index is 894. The second kappa shape index (κ2) is 6.48. The minimum absolute atomic E-state index is 0.243. The highest BCUT2D eigenvalue weighted by Crippen LogP contribution is 2.46. The van der Waals surface area contributed by atoms with Crippen molar-refractivity contribution in [2.75, 3.05) is 0 Å². The summed E-state index contributed by atoms with van der Waals surface area (Å²) in [6.45, 7) is 0. The van der Waals surface area contributed by atoms with Crippen LogP contribution < -0.4 is 0 Å². The fraction of sp³-hybridized carbons (Fsp3) is 0.263. The molecule has 0 N–H and O–H groups in total. The average Bonchev–Trinajstić information content (AvgIpc) is 2.60. The molecule has 1 aliphatic carbocycles. The summed E-state index contributed by atoms with van der Waals surface area (Å²) in [6.07, 6.45) is 6.85. The first-order chi connectivity index (χ1) is 12.2. The van der Waals surface area contributed by atoms with Crippen LogP contribution in [0.4, 0.5) is 4.39 Å². The molecule has 126 valence electrons. The summed E-state index contributed by atoms with van der Waals surface area (Å²) in [6, 6.07) is 10.4. The zero-order valence-corrected chi connectivity index (χ0v) is 14.2. The van der Waals surface area contributed by atoms with Crippen molar-refractivity contribution in [2.45, 2.75) is 31.1 Å². The highest BCUT2D eigenvalue weighted by atomic mass is 35.5. The number of rotatable bonds is 4. The van der Waals surface area contributed by atoms with Crippen LogP contribution in [0.2, 0.25) is 5.02 Å². The summed E-state index contributed by atoms with van der Waals surface area (Å²) in [4.78, 5) is 8.54. The first-order valence-corrected chi connectivity index (χ1v) is 8.60. The maximum absolute atomic E-state index is 14.2. The Kier molecular flexibility index (Phi) is 4.17. The van der Waals surface area contributed by atoms with Gasteiger partial charge in [0.2, 0.25) is 0 Å². The molecule has 0 radical (unpaired) electrons. The Morgan fingerprint density at radius 2 is 1.80 bits per heavy atom. The molecule has 0 amide bonds. The Balaban J connectivity index is 1.61. The van der Waals surface area contributed by atoms with E-state index in [2.05, 4.69) is 20.2 Å². The van der Waals surface area contributed by atoms with Gasteiger partial charge in [-0.1, -0.05) is 18.0 Å². The van der Waals surface area contributed by atoms with Gasteiger partial charge in [-0.05, 0) is 49.2 Å². The minimum atomic E-state index is -0.274. The third-order valence-corrected chi connectivity index (χ3v) is 5.12. The van der Waals surface area contributed by atoms with Crippen LogP contribution >= 0.6 is 11.6 Å². The smallest absolute Gasteiger partial charge is 0.145 e. The van der Waals surface area contributed by atoms with E-state index in [-0.39, 0.29) is 11.2 Å². The first-order valence-electron chi connectivity index (χ1n) is 8.22. The van der Waals surface area contributed by atoms with Crippen LogP contribution in [-0.2, 0) is 11.8 Å². The Labute approximate surface area is 150 Å². The molecule has 3 aromatic rings. The van der Waals surface area contributed by atoms with Gasteiger partial charge in [0.1, 0.15) is 17.2 Å². The molecule has 1 fully saturated rings. The molecule has 4 rings (SSSR count). The van der Waals surface area contributed by atoms with Crippen LogP contribution in [0.5, 0.6) is 0 Å². The van der Waals surface area contributed by atoms with Crippen LogP contribution in [0.25, 0.3) is 11.4 Å². The van der Waals surface area contributed by atoms with E-state index < -0.39 is 0 Å². The van der Waals surface area contributed by atoms with E-state index in [1.54, 1.807) is 30.6 Å². The molecule has 25 heavy (non-hydrogen) atoms. The van der Waals surface area contributed by atoms with Gasteiger partial charge in [-0.25, -0.2) is 4.39 Å². The molecule has 0 aromatic carbocycles. The largest absolute Gasteiger partial charge is 0.258 e. The van der Waals surface area contributed by atoms with Crippen molar-refractivity contribution in [2.24, 2.45) is 0 Å². The number of hydrogen-bond donors (Lipinski definition) is 0. The van der Waals surface area contributed by atoms with Crippen molar-refractivity contribution in [3.63, 3.8) is 0 Å². The minimum Gasteiger partial charge on any atom is -0.258 e. The maximum atomic E-state index is 14.2. The number of hydrogen-bond acceptors (Lipinski definition) is 4. The monoisotopic (exact) mass is 354 g/mol. The molecule has 0 unspecified atom stereocenters. The summed E-state index contributed by atoms with van der Waals surface area (Å²) in [5.41, 5.74) is 2.32. The fourth-order valence-corrected chi connectivity index (χ4v) is 3.60. The standard InChI is InChI=1S/C19H16ClFN4/c20-14-4-1-10-22-17(14)16-7-6-13(24-25-16)12-19(8-3-9-19)18-15(21)5-2-11-23-18/h1-2,4-7,10-11H,3,8-9,12H2. The van der Waals surface area contributed by atoms with Crippen LogP contribution in [0, 0.1) is 5.82 Å². The highest BCUT2D eigenvalue weighted by molar-refractivity contribution is 6.32. The molecular formula is C19H16ClFN4. The summed E-state index contributed by atoms with van der Waals surface area (Å²) in [7, 11) is 0. The van der Waals surface area contributed by atoms with Gasteiger partial charge in [0.15, 0.2) is 0 Å². The third kappa shape index (κ3) is 3.00. The van der Waals surface area contributed by atoms with Crippen LogP contribution in [0.1, 0.15) is 30.7 Å². The van der Waals surface area contributed by atoms with Gasteiger partial charge in [-0.2, -0.15) is 5.10 Å². The summed E-state index contributed by atoms with van der Waals surface area (Å²) >= 11 is 6.15. The zero-order valence-electron chi connectivity index (χ0n) is 13.5. The maximum Gasteiger partial charge on any atom is 0.145 e. The SMILES string of the molecule is Fc1cccnc1C1(Cc2ccc(-c3ncccc3Cl)nn2)CCC1. The predicted octanol–water partition coefficient (Wildman–Crippen LogP) is 4.39. The van der Waals surface area contributed by atoms with Gasteiger partial charge in [0.05, 0.1) is 16.4 Å². The fourth-order valence-electron chi connectivity index (χ4n) is 3.38. The van der Waals surface area contributed by atoms with E-state index in [0.29, 0.717) is 28.5 Å². The van der Waals surface area contributed by atoms with Crippen LogP contribution in [0.15, 0.2) is 48.8 Å². The van der Waals surface area contributed by atoms with Crippen molar-refractivity contribution < 1.29 is 4.39 Å². The Morgan fingerprint density at radius 1 is 1.00 bits per heavy atom. The molecule has 1 saturated carbocycles. The van der Waals surface area contributed by atoms with Gasteiger partial charge >= 0.3 is 0 Å². The second-order valence-electron chi connectivity index (χ2n) is 6.39. The van der Waals surface area contributed by atoms with E-state index in [9.17, 15) is 4.39 Å². The normalized spacial score (nSPS) is 15.6. The van der Waals surface area contributed by atoms with Gasteiger partial charge in [-0.3, -0.25) is 9.97 Å². The van der Waals surface area contributed by atoms with Crippen LogP contribution in [0.3, 0.4) is 0 Å². The lowest BCUT2D eigenvalue weighted by Gasteiger charge is -2.41. The number of nitrogens with zero attached hydrogens (tertiary/aromatic N) is 4. The second-order valence-corrected chi connectivity index (χ2v) is 6.80. The molecule has 3 heterocycles. The molecule has 4 nitrogen and oxygen atoms in total. The Hall–Kier alpha value is -2.40. The van der Waals surface area contributed by atoms with E-state index in [1.165, 1.54) is 6.07 Å². The van der Waals surface area contributed by atoms with E-state index >= 15 is 0 Å². The molecule has 0 bridgehead atoms. The Morgan fingerprint density at radius 3 is 2.44 bits per heavy atom. The molecule has 1 aliphatic rings. The van der Waals surface area contributed by atoms with Gasteiger partial charge in [0, 0.05) is 24.2 Å². The van der Waals surface area contributed by atoms with Crippen molar-refractivity contribution in [1.29, 1.82) is 0 Å². The molecule has 0 spiro atoms. The lowest BCUT2D eigenvalue weighted by molar-refractivity contribution is 0.223. The van der Waals surface area contributed by atoms with Crippen LogP contribution in [-0.4, -0.2) is 20.2 Å². The van der Waals surface area contributed by atoms with Gasteiger partial charge < -0.3 is 0 Å². The number of halogens is 2. The summed E-state index contributed by atoms with van der Waals surface area (Å²) in [5, 5.41) is 9.11. The quantitative estimate of drug-likeness (QED) is 0.697. The van der Waals surface area contributed by atoms with Crippen molar-refractivity contribution in [3.05, 3.63) is 71.0 Å². The molecule has 0 saturated heterocycles. The molecule has 6 heteroatoms. The summed E-state index contributed by atoms with van der Waals surface area (Å²) < 4.78 is 14.2. The topological polar surface area (TPSA) is 51.6 Å². The summed E-state index contributed by atoms with van der Waals surface area (Å²) in [5.74, 6) is -0.243. The lowest BCUT2D eigenvalue weighted by atomic mass is 9.63. The average molecular weight is 355 g/mol. The number of aromatic nitrogens is 4. The first kappa shape index (κ1) is 16.1. The van der Waals surface area contributed by atoms with Crippen molar-refractivity contribution in [3.8, 4) is 11.4 Å². The van der Waals surface area contributed by atoms with E-state index in [0.717, 1.165) is 25.0 Å². The lowest BCUT2D eigenvalue weighted by Crippen LogP contribution is -2.38. The molecule has 3 aromatic heterocycles. The predicted molar refractivity (Wildman–Crippen MR) is 93.7 cm³/mol. The van der Waals surface area contributed by atoms with E-state index in [1.807, 2.05) is 12.1 Å². The molecule has 0 aliphatic heterocycles.